The van der Waals surface area contributed by atoms with Gasteiger partial charge in [0.2, 0.25) is 0 Å². The number of amides is 1. The molecule has 1 amide bonds. The Kier molecular flexibility index (Phi) is 4.11. The average Bonchev–Trinajstić information content (AvgIpc) is 3.15. The number of nitrogens with zero attached hydrogens (tertiary/aromatic N) is 3. The van der Waals surface area contributed by atoms with Crippen LogP contribution in [-0.4, -0.2) is 51.9 Å². The molecule has 0 saturated carbocycles. The zero-order valence-corrected chi connectivity index (χ0v) is 12.6. The van der Waals surface area contributed by atoms with E-state index in [0.717, 1.165) is 25.1 Å². The lowest BCUT2D eigenvalue weighted by atomic mass is 10.2. The van der Waals surface area contributed by atoms with Crippen LogP contribution >= 0.6 is 0 Å². The number of aromatic nitrogens is 2. The van der Waals surface area contributed by atoms with Crippen molar-refractivity contribution < 1.29 is 9.90 Å². The van der Waals surface area contributed by atoms with Gasteiger partial charge in [0, 0.05) is 19.1 Å². The molecule has 0 unspecified atom stereocenters. The summed E-state index contributed by atoms with van der Waals surface area (Å²) in [5.41, 5.74) is 0.928. The van der Waals surface area contributed by atoms with Crippen molar-refractivity contribution in [2.24, 2.45) is 0 Å². The summed E-state index contributed by atoms with van der Waals surface area (Å²) < 4.78 is 1.53. The van der Waals surface area contributed by atoms with E-state index in [2.05, 4.69) is 10.4 Å². The van der Waals surface area contributed by atoms with Crippen LogP contribution in [0.5, 0.6) is 5.75 Å². The molecule has 1 fully saturated rings. The summed E-state index contributed by atoms with van der Waals surface area (Å²) in [5.74, 6) is -0.283. The molecule has 0 bridgehead atoms. The molecule has 1 saturated heterocycles. The van der Waals surface area contributed by atoms with Crippen molar-refractivity contribution in [2.75, 3.05) is 20.1 Å². The number of aromatic hydroxyl groups is 1. The summed E-state index contributed by atoms with van der Waals surface area (Å²) in [6.07, 6.45) is 3.44. The van der Waals surface area contributed by atoms with E-state index in [1.54, 1.807) is 4.90 Å². The van der Waals surface area contributed by atoms with Gasteiger partial charge in [0.25, 0.3) is 5.91 Å². The fourth-order valence-corrected chi connectivity index (χ4v) is 2.92. The Bertz CT molecular complexity index is 653. The predicted molar refractivity (Wildman–Crippen MR) is 83.2 cm³/mol. The molecule has 22 heavy (non-hydrogen) atoms. The zero-order valence-electron chi connectivity index (χ0n) is 12.6. The first-order chi connectivity index (χ1) is 10.7. The fourth-order valence-electron chi connectivity index (χ4n) is 2.92. The standard InChI is InChI=1S/C16H20N4O2/c1-17-10-13-8-5-9-19(13)16(22)15-14(21)11-20(18-15)12-6-3-2-4-7-12/h2-4,6-7,11,13,17,21H,5,8-10H2,1H3/t13-/m1/s1. The van der Waals surface area contributed by atoms with Gasteiger partial charge in [-0.1, -0.05) is 18.2 Å². The molecule has 3 rings (SSSR count). The molecule has 2 heterocycles. The molecule has 1 aliphatic heterocycles. The highest BCUT2D eigenvalue weighted by Crippen LogP contribution is 2.24. The van der Waals surface area contributed by atoms with Gasteiger partial charge in [-0.05, 0) is 32.0 Å². The lowest BCUT2D eigenvalue weighted by Gasteiger charge is -2.23. The summed E-state index contributed by atoms with van der Waals surface area (Å²) in [7, 11) is 1.88. The van der Waals surface area contributed by atoms with Crippen molar-refractivity contribution in [1.29, 1.82) is 0 Å². The first-order valence-electron chi connectivity index (χ1n) is 7.50. The molecule has 6 heteroatoms. The van der Waals surface area contributed by atoms with Crippen LogP contribution in [0, 0.1) is 0 Å². The maximum absolute atomic E-state index is 12.7. The first-order valence-corrected chi connectivity index (χ1v) is 7.50. The van der Waals surface area contributed by atoms with Crippen LogP contribution in [0.1, 0.15) is 23.3 Å². The van der Waals surface area contributed by atoms with Gasteiger partial charge >= 0.3 is 0 Å². The lowest BCUT2D eigenvalue weighted by molar-refractivity contribution is 0.0727. The minimum absolute atomic E-state index is 0.0797. The third kappa shape index (κ3) is 2.69. The molecule has 1 aromatic heterocycles. The minimum Gasteiger partial charge on any atom is -0.504 e. The molecule has 6 nitrogen and oxygen atoms in total. The average molecular weight is 300 g/mol. The number of benzene rings is 1. The molecular formula is C16H20N4O2. The maximum Gasteiger partial charge on any atom is 0.278 e. The molecule has 1 atom stereocenters. The van der Waals surface area contributed by atoms with Crippen LogP contribution in [0.4, 0.5) is 0 Å². The van der Waals surface area contributed by atoms with Crippen LogP contribution in [0.25, 0.3) is 5.69 Å². The number of likely N-dealkylation sites (tertiary alicyclic amines) is 1. The Morgan fingerprint density at radius 1 is 1.41 bits per heavy atom. The highest BCUT2D eigenvalue weighted by Gasteiger charge is 2.31. The molecule has 1 aliphatic rings. The van der Waals surface area contributed by atoms with Crippen molar-refractivity contribution in [3.05, 3.63) is 42.2 Å². The third-order valence-electron chi connectivity index (χ3n) is 4.00. The van der Waals surface area contributed by atoms with Crippen LogP contribution in [0.15, 0.2) is 36.5 Å². The largest absolute Gasteiger partial charge is 0.504 e. The molecular weight excluding hydrogens is 280 g/mol. The number of hydrogen-bond donors (Lipinski definition) is 2. The van der Waals surface area contributed by atoms with E-state index in [0.29, 0.717) is 6.54 Å². The Morgan fingerprint density at radius 2 is 2.18 bits per heavy atom. The number of carbonyl (C=O) groups is 1. The van der Waals surface area contributed by atoms with E-state index < -0.39 is 0 Å². The van der Waals surface area contributed by atoms with Crippen molar-refractivity contribution in [3.8, 4) is 11.4 Å². The van der Waals surface area contributed by atoms with Crippen molar-refractivity contribution in [3.63, 3.8) is 0 Å². The normalized spacial score (nSPS) is 17.9. The van der Waals surface area contributed by atoms with E-state index in [9.17, 15) is 9.90 Å². The van der Waals surface area contributed by atoms with Gasteiger partial charge in [0.05, 0.1) is 11.9 Å². The highest BCUT2D eigenvalue weighted by molar-refractivity contribution is 5.95. The third-order valence-corrected chi connectivity index (χ3v) is 4.00. The van der Waals surface area contributed by atoms with Crippen molar-refractivity contribution >= 4 is 5.91 Å². The fraction of sp³-hybridized carbons (Fsp3) is 0.375. The van der Waals surface area contributed by atoms with E-state index in [1.165, 1.54) is 10.9 Å². The number of likely N-dealkylation sites (N-methyl/N-ethyl adjacent to an activating group) is 1. The van der Waals surface area contributed by atoms with E-state index in [1.807, 2.05) is 37.4 Å². The summed E-state index contributed by atoms with van der Waals surface area (Å²) in [5, 5.41) is 17.5. The van der Waals surface area contributed by atoms with Gasteiger partial charge in [-0.15, -0.1) is 0 Å². The highest BCUT2D eigenvalue weighted by atomic mass is 16.3. The van der Waals surface area contributed by atoms with Gasteiger partial charge in [-0.3, -0.25) is 4.79 Å². The second kappa shape index (κ2) is 6.19. The summed E-state index contributed by atoms with van der Waals surface area (Å²) in [4.78, 5) is 14.5. The van der Waals surface area contributed by atoms with Gasteiger partial charge in [0.1, 0.15) is 0 Å². The summed E-state index contributed by atoms with van der Waals surface area (Å²) >= 11 is 0. The molecule has 0 radical (unpaired) electrons. The van der Waals surface area contributed by atoms with Crippen molar-refractivity contribution in [1.82, 2.24) is 20.0 Å². The second-order valence-corrected chi connectivity index (χ2v) is 5.50. The smallest absolute Gasteiger partial charge is 0.278 e. The Labute approximate surface area is 129 Å². The van der Waals surface area contributed by atoms with Gasteiger partial charge in [-0.2, -0.15) is 5.10 Å². The Balaban J connectivity index is 1.86. The molecule has 0 spiro atoms. The maximum atomic E-state index is 12.7. The van der Waals surface area contributed by atoms with Crippen LogP contribution in [0.2, 0.25) is 0 Å². The number of carbonyl (C=O) groups excluding carboxylic acids is 1. The quantitative estimate of drug-likeness (QED) is 0.895. The summed E-state index contributed by atoms with van der Waals surface area (Å²) in [6, 6.07) is 9.60. The lowest BCUT2D eigenvalue weighted by Crippen LogP contribution is -2.41. The molecule has 2 aromatic rings. The number of hydrogen-bond acceptors (Lipinski definition) is 4. The minimum atomic E-state index is -0.204. The monoisotopic (exact) mass is 300 g/mol. The predicted octanol–water partition coefficient (Wildman–Crippen LogP) is 1.40. The van der Waals surface area contributed by atoms with Crippen LogP contribution in [-0.2, 0) is 0 Å². The van der Waals surface area contributed by atoms with E-state index >= 15 is 0 Å². The molecule has 116 valence electrons. The first kappa shape index (κ1) is 14.6. The number of nitrogens with one attached hydrogen (secondary N) is 1. The van der Waals surface area contributed by atoms with E-state index in [4.69, 9.17) is 0 Å². The van der Waals surface area contributed by atoms with Gasteiger partial charge in [0.15, 0.2) is 11.4 Å². The van der Waals surface area contributed by atoms with Gasteiger partial charge < -0.3 is 15.3 Å². The molecule has 0 aliphatic carbocycles. The zero-order chi connectivity index (χ0) is 15.5. The Morgan fingerprint density at radius 3 is 2.91 bits per heavy atom. The van der Waals surface area contributed by atoms with Crippen LogP contribution < -0.4 is 5.32 Å². The number of para-hydroxylation sites is 1. The van der Waals surface area contributed by atoms with E-state index in [-0.39, 0.29) is 23.4 Å². The SMILES string of the molecule is CNC[C@H]1CCCN1C(=O)c1nn(-c2ccccc2)cc1O. The van der Waals surface area contributed by atoms with Gasteiger partial charge in [-0.25, -0.2) is 4.68 Å². The summed E-state index contributed by atoms with van der Waals surface area (Å²) in [6.45, 7) is 1.47. The molecule has 1 aromatic carbocycles. The van der Waals surface area contributed by atoms with Crippen molar-refractivity contribution in [2.45, 2.75) is 18.9 Å². The van der Waals surface area contributed by atoms with Crippen LogP contribution in [0.3, 0.4) is 0 Å². The molecule has 2 N–H and O–H groups in total. The second-order valence-electron chi connectivity index (χ2n) is 5.50. The topological polar surface area (TPSA) is 70.4 Å². The Hall–Kier alpha value is -2.34. The number of rotatable bonds is 4.